The monoisotopic (exact) mass is 368 g/mol. The smallest absolute Gasteiger partial charge is 0.254 e. The van der Waals surface area contributed by atoms with Crippen LogP contribution in [0.4, 0.5) is 4.39 Å². The van der Waals surface area contributed by atoms with Crippen molar-refractivity contribution in [3.63, 3.8) is 0 Å². The fraction of sp³-hybridized carbons (Fsp3) is 0.364. The highest BCUT2D eigenvalue weighted by molar-refractivity contribution is 5.96. The Morgan fingerprint density at radius 1 is 1.19 bits per heavy atom. The van der Waals surface area contributed by atoms with Crippen LogP contribution in [0.2, 0.25) is 0 Å². The second-order valence-electron chi connectivity index (χ2n) is 7.24. The Morgan fingerprint density at radius 2 is 1.96 bits per heavy atom. The molecular weight excluding hydrogens is 343 g/mol. The molecule has 0 aromatic heterocycles. The first kappa shape index (κ1) is 19.1. The van der Waals surface area contributed by atoms with E-state index in [0.29, 0.717) is 24.1 Å². The van der Waals surface area contributed by atoms with Gasteiger partial charge in [-0.25, -0.2) is 4.39 Å². The molecule has 27 heavy (non-hydrogen) atoms. The summed E-state index contributed by atoms with van der Waals surface area (Å²) in [6.07, 6.45) is 3.38. The number of benzene rings is 2. The van der Waals surface area contributed by atoms with Gasteiger partial charge in [0.15, 0.2) is 0 Å². The summed E-state index contributed by atoms with van der Waals surface area (Å²) in [7, 11) is 0. The maximum Gasteiger partial charge on any atom is 0.254 e. The quantitative estimate of drug-likeness (QED) is 0.876. The third kappa shape index (κ3) is 4.54. The van der Waals surface area contributed by atoms with Gasteiger partial charge in [0, 0.05) is 24.6 Å². The van der Waals surface area contributed by atoms with Crippen LogP contribution in [0.5, 0.6) is 0 Å². The lowest BCUT2D eigenvalue weighted by Crippen LogP contribution is -2.45. The Morgan fingerprint density at radius 3 is 2.70 bits per heavy atom. The maximum atomic E-state index is 13.9. The maximum absolute atomic E-state index is 13.9. The van der Waals surface area contributed by atoms with Crippen molar-refractivity contribution < 1.29 is 14.0 Å². The summed E-state index contributed by atoms with van der Waals surface area (Å²) in [5, 5.41) is 0. The number of halogens is 1. The van der Waals surface area contributed by atoms with E-state index in [9.17, 15) is 14.0 Å². The number of carbonyl (C=O) groups excluding carboxylic acids is 2. The van der Waals surface area contributed by atoms with Crippen LogP contribution in [0.1, 0.15) is 52.7 Å². The second-order valence-corrected chi connectivity index (χ2v) is 7.24. The van der Waals surface area contributed by atoms with Crippen LogP contribution < -0.4 is 5.73 Å². The number of hydrogen-bond donors (Lipinski definition) is 1. The zero-order chi connectivity index (χ0) is 19.4. The number of amides is 2. The topological polar surface area (TPSA) is 63.4 Å². The minimum absolute atomic E-state index is 0.0795. The molecule has 1 atom stereocenters. The highest BCUT2D eigenvalue weighted by Crippen LogP contribution is 2.24. The molecule has 5 heteroatoms. The van der Waals surface area contributed by atoms with Crippen LogP contribution in [-0.4, -0.2) is 29.3 Å². The molecule has 2 N–H and O–H groups in total. The number of aryl methyl sites for hydroxylation is 1. The summed E-state index contributed by atoms with van der Waals surface area (Å²) in [4.78, 5) is 26.4. The Labute approximate surface area is 159 Å². The van der Waals surface area contributed by atoms with Gasteiger partial charge in [-0.2, -0.15) is 0 Å². The summed E-state index contributed by atoms with van der Waals surface area (Å²) in [5.41, 5.74) is 8.26. The van der Waals surface area contributed by atoms with E-state index in [1.807, 2.05) is 24.3 Å². The summed E-state index contributed by atoms with van der Waals surface area (Å²) >= 11 is 0. The molecular formula is C22H25FN2O2. The molecule has 1 saturated heterocycles. The number of piperidine rings is 1. The Hall–Kier alpha value is -2.69. The van der Waals surface area contributed by atoms with Crippen molar-refractivity contribution in [3.8, 4) is 0 Å². The third-order valence-electron chi connectivity index (χ3n) is 5.20. The zero-order valence-electron chi connectivity index (χ0n) is 15.6. The first-order chi connectivity index (χ1) is 13.0. The predicted octanol–water partition coefficient (Wildman–Crippen LogP) is 3.60. The average molecular weight is 368 g/mol. The van der Waals surface area contributed by atoms with E-state index < -0.39 is 0 Å². The minimum atomic E-state index is -0.386. The highest BCUT2D eigenvalue weighted by Gasteiger charge is 2.29. The van der Waals surface area contributed by atoms with E-state index in [1.165, 1.54) is 6.07 Å². The van der Waals surface area contributed by atoms with E-state index in [2.05, 4.69) is 0 Å². The van der Waals surface area contributed by atoms with Gasteiger partial charge in [0.25, 0.3) is 5.91 Å². The summed E-state index contributed by atoms with van der Waals surface area (Å²) in [6.45, 7) is 2.36. The lowest BCUT2D eigenvalue weighted by molar-refractivity contribution is -0.119. The van der Waals surface area contributed by atoms with Gasteiger partial charge in [-0.3, -0.25) is 9.59 Å². The van der Waals surface area contributed by atoms with Gasteiger partial charge in [0.05, 0.1) is 0 Å². The van der Waals surface area contributed by atoms with Gasteiger partial charge in [0.1, 0.15) is 5.82 Å². The molecule has 1 fully saturated rings. The normalized spacial score (nSPS) is 17.0. The first-order valence-electron chi connectivity index (χ1n) is 9.38. The number of carbonyl (C=O) groups is 2. The molecule has 1 aliphatic heterocycles. The molecule has 1 heterocycles. The van der Waals surface area contributed by atoms with Crippen LogP contribution in [-0.2, 0) is 11.2 Å². The molecule has 2 aromatic rings. The molecule has 0 spiro atoms. The number of hydrogen-bond acceptors (Lipinski definition) is 2. The molecule has 1 unspecified atom stereocenters. The largest absolute Gasteiger partial charge is 0.370 e. The van der Waals surface area contributed by atoms with Crippen LogP contribution in [0.3, 0.4) is 0 Å². The standard InChI is InChI=1S/C22H25FN2O2/c1-15-9-10-16(13-20(15)23)12-17-6-2-3-8-19(17)22(27)25-11-5-4-7-18(25)14-21(24)26/h2-3,6,8-10,13,18H,4-5,7,11-12,14H2,1H3,(H2,24,26). The van der Waals surface area contributed by atoms with Crippen molar-refractivity contribution in [1.82, 2.24) is 4.90 Å². The van der Waals surface area contributed by atoms with Crippen LogP contribution >= 0.6 is 0 Å². The van der Waals surface area contributed by atoms with Gasteiger partial charge in [-0.15, -0.1) is 0 Å². The van der Waals surface area contributed by atoms with Crippen molar-refractivity contribution >= 4 is 11.8 Å². The van der Waals surface area contributed by atoms with Crippen molar-refractivity contribution in [2.45, 2.75) is 45.1 Å². The molecule has 0 radical (unpaired) electrons. The molecule has 0 aliphatic carbocycles. The van der Waals surface area contributed by atoms with Crippen molar-refractivity contribution in [2.24, 2.45) is 5.73 Å². The molecule has 142 valence electrons. The zero-order valence-corrected chi connectivity index (χ0v) is 15.6. The number of likely N-dealkylation sites (tertiary alicyclic amines) is 1. The van der Waals surface area contributed by atoms with Crippen molar-refractivity contribution in [1.29, 1.82) is 0 Å². The Kier molecular flexibility index (Phi) is 5.89. The predicted molar refractivity (Wildman–Crippen MR) is 103 cm³/mol. The highest BCUT2D eigenvalue weighted by atomic mass is 19.1. The van der Waals surface area contributed by atoms with Crippen molar-refractivity contribution in [2.75, 3.05) is 6.54 Å². The first-order valence-corrected chi connectivity index (χ1v) is 9.38. The van der Waals surface area contributed by atoms with Gasteiger partial charge < -0.3 is 10.6 Å². The molecule has 0 bridgehead atoms. The number of rotatable bonds is 5. The van der Waals surface area contributed by atoms with Gasteiger partial charge in [-0.1, -0.05) is 30.3 Å². The second kappa shape index (κ2) is 8.33. The van der Waals surface area contributed by atoms with Gasteiger partial charge in [0.2, 0.25) is 5.91 Å². The van der Waals surface area contributed by atoms with E-state index in [0.717, 1.165) is 30.4 Å². The third-order valence-corrected chi connectivity index (χ3v) is 5.20. The molecule has 1 aliphatic rings. The SMILES string of the molecule is Cc1ccc(Cc2ccccc2C(=O)N2CCCCC2CC(N)=O)cc1F. The van der Waals surface area contributed by atoms with E-state index in [4.69, 9.17) is 5.73 Å². The summed E-state index contributed by atoms with van der Waals surface area (Å²) in [5.74, 6) is -0.707. The fourth-order valence-electron chi connectivity index (χ4n) is 3.72. The van der Waals surface area contributed by atoms with Crippen molar-refractivity contribution in [3.05, 3.63) is 70.5 Å². The van der Waals surface area contributed by atoms with Crippen LogP contribution in [0.25, 0.3) is 0 Å². The lowest BCUT2D eigenvalue weighted by atomic mass is 9.95. The lowest BCUT2D eigenvalue weighted by Gasteiger charge is -2.35. The molecule has 0 saturated carbocycles. The fourth-order valence-corrected chi connectivity index (χ4v) is 3.72. The summed E-state index contributed by atoms with van der Waals surface area (Å²) in [6, 6.07) is 12.4. The summed E-state index contributed by atoms with van der Waals surface area (Å²) < 4.78 is 13.9. The molecule has 4 nitrogen and oxygen atoms in total. The van der Waals surface area contributed by atoms with E-state index in [1.54, 1.807) is 24.0 Å². The van der Waals surface area contributed by atoms with Crippen LogP contribution in [0.15, 0.2) is 42.5 Å². The Balaban J connectivity index is 1.86. The van der Waals surface area contributed by atoms with Crippen LogP contribution in [0, 0.1) is 12.7 Å². The molecule has 2 amide bonds. The molecule has 2 aromatic carbocycles. The molecule has 3 rings (SSSR count). The van der Waals surface area contributed by atoms with E-state index >= 15 is 0 Å². The van der Waals surface area contributed by atoms with Gasteiger partial charge >= 0.3 is 0 Å². The minimum Gasteiger partial charge on any atom is -0.370 e. The number of nitrogens with two attached hydrogens (primary N) is 1. The Bertz CT molecular complexity index is 850. The van der Waals surface area contributed by atoms with Gasteiger partial charge in [-0.05, 0) is 61.4 Å². The van der Waals surface area contributed by atoms with E-state index in [-0.39, 0.29) is 30.1 Å². The average Bonchev–Trinajstić information content (AvgIpc) is 2.65. The number of primary amides is 1. The number of nitrogens with zero attached hydrogens (tertiary/aromatic N) is 1.